The van der Waals surface area contributed by atoms with Crippen molar-refractivity contribution >= 4 is 120 Å². The first kappa shape index (κ1) is 91.4. The molecule has 5 N–H and O–H groups in total. The highest BCUT2D eigenvalue weighted by Gasteiger charge is 2.53. The molecule has 8 heterocycles. The largest absolute Gasteiger partial charge is 0.508 e. The van der Waals surface area contributed by atoms with Gasteiger partial charge >= 0.3 is 37.0 Å². The van der Waals surface area contributed by atoms with Crippen molar-refractivity contribution in [2.75, 3.05) is 127 Å². The minimum atomic E-state index is -3.06. The van der Waals surface area contributed by atoms with Crippen molar-refractivity contribution < 1.29 is 74.0 Å². The van der Waals surface area contributed by atoms with Gasteiger partial charge in [-0.2, -0.15) is 0 Å². The summed E-state index contributed by atoms with van der Waals surface area (Å²) in [4.78, 5) is 22.6. The lowest BCUT2D eigenvalue weighted by atomic mass is 9.79. The zero-order valence-corrected chi connectivity index (χ0v) is 74.6. The van der Waals surface area contributed by atoms with Gasteiger partial charge in [-0.05, 0) is 268 Å². The van der Waals surface area contributed by atoms with E-state index < -0.39 is 37.0 Å². The standard InChI is InChI=1S/C27H38N5O4P.C19H32BO6P.C14H18IN5.C12H17BO3.C7H16BrO3P/c1-3-35-37(33,36-4-2)13-7-12-34-23-9-5-8-21(16-23)24-18-32(27-25(24)26(28)29-19-30-27)22-14-20(15-22)17-31-10-6-11-31;1-7-23-27(21,24-8-2)14-10-13-22-17-12-9-11-16(15-17)20-25-18(3,4)19(5,6)26-20;15-11-7-20(14-12(11)13(16)17-8-18-14)10-4-9(5-10)6-19-2-1-3-19;1-11(2)12(3,4)16-13(15-11)9-6-5-7-10(14)8-9;1-3-10-12(9,11-4-2)7-5-6-8/h5,8-9,16,18-20,22H,3-4,6-7,10-15,17H2,1-2H3,(H2,28,29,30);9,11-12,15H,7-8,10,13-14H2,1-6H3;7-10H,1-6H2,(H2,16,17,18);5-8,14H,1-4H3;3-7H2,1-2H3. The Balaban J connectivity index is 0.000000170. The Morgan fingerprint density at radius 3 is 1.32 bits per heavy atom. The Morgan fingerprint density at radius 1 is 0.527 bits per heavy atom. The van der Waals surface area contributed by atoms with Crippen molar-refractivity contribution in [2.24, 2.45) is 11.8 Å². The molecule has 618 valence electrons. The average Bonchev–Trinajstić information content (AvgIpc) is 1.63. The molecule has 6 aliphatic rings. The highest BCUT2D eigenvalue weighted by Crippen LogP contribution is 2.51. The molecule has 3 aromatic carbocycles. The number of phenols is 1. The number of phenolic OH excluding ortho intramolecular Hbond substituents is 1. The predicted molar refractivity (Wildman–Crippen MR) is 459 cm³/mol. The summed E-state index contributed by atoms with van der Waals surface area (Å²) in [5.41, 5.74) is 16.6. The van der Waals surface area contributed by atoms with E-state index in [4.69, 9.17) is 66.7 Å². The van der Waals surface area contributed by atoms with E-state index in [0.29, 0.717) is 108 Å². The van der Waals surface area contributed by atoms with Crippen LogP contribution < -0.4 is 31.9 Å². The van der Waals surface area contributed by atoms with Crippen molar-refractivity contribution in [3.63, 3.8) is 0 Å². The van der Waals surface area contributed by atoms with Gasteiger partial charge in [0.15, 0.2) is 0 Å². The number of aromatic nitrogens is 6. The van der Waals surface area contributed by atoms with Crippen LogP contribution in [0.4, 0.5) is 11.6 Å². The first-order valence-electron chi connectivity index (χ1n) is 39.8. The van der Waals surface area contributed by atoms with E-state index in [1.54, 1.807) is 30.9 Å². The first-order valence-corrected chi connectivity index (χ1v) is 47.2. The second-order valence-corrected chi connectivity index (χ2v) is 39.4. The molecular formula is C79H121B2BrIN10O16P3. The third-order valence-corrected chi connectivity index (χ3v) is 29.4. The maximum absolute atomic E-state index is 12.7. The molecule has 2 aliphatic carbocycles. The lowest BCUT2D eigenvalue weighted by Crippen LogP contribution is -2.43. The summed E-state index contributed by atoms with van der Waals surface area (Å²) in [5.74, 6) is 4.39. The normalized spacial score (nSPS) is 20.3. The number of fused-ring (bicyclic) bond motifs is 2. The van der Waals surface area contributed by atoms with Crippen LogP contribution in [0.1, 0.15) is 167 Å². The molecule has 4 saturated heterocycles. The number of aromatic hydroxyl groups is 1. The summed E-state index contributed by atoms with van der Waals surface area (Å²) in [6.07, 6.45) is 18.2. The maximum atomic E-state index is 12.7. The highest BCUT2D eigenvalue weighted by molar-refractivity contribution is 14.1. The van der Waals surface area contributed by atoms with E-state index in [2.05, 4.69) is 95.9 Å². The number of hydrogen-bond acceptors (Lipinski definition) is 24. The fourth-order valence-corrected chi connectivity index (χ4v) is 20.4. The summed E-state index contributed by atoms with van der Waals surface area (Å²) in [6, 6.07) is 23.7. The van der Waals surface area contributed by atoms with Crippen LogP contribution in [-0.2, 0) is 59.5 Å². The molecule has 7 aromatic rings. The second kappa shape index (κ2) is 41.7. The molecule has 13 rings (SSSR count). The number of nitrogens with two attached hydrogens (primary N) is 2. The quantitative estimate of drug-likeness (QED) is 0.0111. The summed E-state index contributed by atoms with van der Waals surface area (Å²) < 4.78 is 110. The number of likely N-dealkylation sites (tertiary alicyclic amines) is 2. The Bertz CT molecular complexity index is 4220. The van der Waals surface area contributed by atoms with E-state index in [0.717, 1.165) is 82.8 Å². The van der Waals surface area contributed by atoms with E-state index in [-0.39, 0.29) is 28.2 Å². The van der Waals surface area contributed by atoms with Crippen LogP contribution in [0.15, 0.2) is 97.8 Å². The molecule has 0 unspecified atom stereocenters. The zero-order valence-electron chi connectivity index (χ0n) is 68.2. The summed E-state index contributed by atoms with van der Waals surface area (Å²) in [6.45, 7) is 37.8. The number of rotatable bonds is 34. The Morgan fingerprint density at radius 2 is 0.911 bits per heavy atom. The fourth-order valence-electron chi connectivity index (χ4n) is 13.9. The lowest BCUT2D eigenvalue weighted by Gasteiger charge is -2.42. The Hall–Kier alpha value is -4.55. The van der Waals surface area contributed by atoms with Gasteiger partial charge in [0.1, 0.15) is 52.8 Å². The number of anilines is 2. The SMILES string of the molecule is CC1(C)OB(c2cccc(O)c2)OC1(C)C.CCOP(=O)(CCCBr)OCC.CCOP(=O)(CCCOc1cccc(-c2cn(C3CC(CN4CCC4)C3)c3ncnc(N)c23)c1)OCC.CCOP(=O)(CCCOc1cccc(B2OC(C)(C)C(C)(C)O2)c1)OCC.Nc1ncnc2c1c(I)cn2C1CC(CN2CCC2)C1. The number of halogens is 2. The minimum Gasteiger partial charge on any atom is -0.508 e. The average molecular weight is 1790 g/mol. The number of nitrogen functional groups attached to an aromatic ring is 2. The smallest absolute Gasteiger partial charge is 0.494 e. The van der Waals surface area contributed by atoms with Crippen LogP contribution in [-0.4, -0.2) is 197 Å². The zero-order chi connectivity index (χ0) is 81.1. The second-order valence-electron chi connectivity index (χ2n) is 30.9. The summed E-state index contributed by atoms with van der Waals surface area (Å²) in [5, 5.41) is 12.2. The first-order chi connectivity index (χ1) is 53.3. The number of nitrogens with zero attached hydrogens (tertiary/aromatic N) is 8. The van der Waals surface area contributed by atoms with Gasteiger partial charge in [0, 0.05) is 52.0 Å². The highest BCUT2D eigenvalue weighted by atomic mass is 127. The van der Waals surface area contributed by atoms with Crippen molar-refractivity contribution in [3.8, 4) is 28.4 Å². The van der Waals surface area contributed by atoms with Crippen LogP contribution in [0.5, 0.6) is 17.2 Å². The topological polar surface area (TPSA) is 302 Å². The van der Waals surface area contributed by atoms with Crippen molar-refractivity contribution in [1.82, 2.24) is 38.9 Å². The lowest BCUT2D eigenvalue weighted by molar-refractivity contribution is 0.00578. The van der Waals surface area contributed by atoms with E-state index in [9.17, 15) is 18.8 Å². The van der Waals surface area contributed by atoms with Crippen LogP contribution in [0.2, 0.25) is 0 Å². The van der Waals surface area contributed by atoms with Gasteiger partial charge in [0.05, 0.1) is 105 Å². The third kappa shape index (κ3) is 24.6. The molecule has 0 bridgehead atoms. The molecule has 2 saturated carbocycles. The van der Waals surface area contributed by atoms with Gasteiger partial charge in [-0.1, -0.05) is 52.3 Å². The van der Waals surface area contributed by atoms with E-state index >= 15 is 0 Å². The van der Waals surface area contributed by atoms with Crippen molar-refractivity contribution in [2.45, 2.75) is 189 Å². The molecule has 33 heteroatoms. The monoisotopic (exact) mass is 1790 g/mol. The Kier molecular flexibility index (Phi) is 34.0. The number of ether oxygens (including phenoxy) is 2. The number of benzene rings is 3. The van der Waals surface area contributed by atoms with Crippen LogP contribution >= 0.6 is 61.3 Å². The summed E-state index contributed by atoms with van der Waals surface area (Å²) >= 11 is 5.60. The number of hydrogen-bond donors (Lipinski definition) is 3. The minimum absolute atomic E-state index is 0.229. The molecule has 0 atom stereocenters. The van der Waals surface area contributed by atoms with Crippen LogP contribution in [0.25, 0.3) is 33.2 Å². The maximum Gasteiger partial charge on any atom is 0.494 e. The van der Waals surface area contributed by atoms with Gasteiger partial charge in [0.25, 0.3) is 0 Å². The van der Waals surface area contributed by atoms with Crippen molar-refractivity contribution in [1.29, 1.82) is 0 Å². The van der Waals surface area contributed by atoms with Crippen molar-refractivity contribution in [3.05, 3.63) is 101 Å². The van der Waals surface area contributed by atoms with E-state index in [1.165, 1.54) is 77.8 Å². The number of alkyl halides is 1. The molecular weight excluding hydrogens is 1670 g/mol. The molecule has 0 amide bonds. The van der Waals surface area contributed by atoms with Gasteiger partial charge in [0.2, 0.25) is 0 Å². The van der Waals surface area contributed by atoms with Gasteiger partial charge in [-0.15, -0.1) is 0 Å². The fraction of sp³-hybridized carbons (Fsp3) is 0.620. The molecule has 0 spiro atoms. The molecule has 6 fully saturated rings. The van der Waals surface area contributed by atoms with Crippen LogP contribution in [0, 0.1) is 15.4 Å². The molecule has 4 aliphatic heterocycles. The van der Waals surface area contributed by atoms with Gasteiger partial charge in [-0.3, -0.25) is 13.7 Å². The summed E-state index contributed by atoms with van der Waals surface area (Å²) in [7, 11) is -9.67. The van der Waals surface area contributed by atoms with Crippen LogP contribution in [0.3, 0.4) is 0 Å². The van der Waals surface area contributed by atoms with E-state index in [1.807, 2.05) is 145 Å². The molecule has 26 nitrogen and oxygen atoms in total. The Labute approximate surface area is 686 Å². The molecule has 4 aromatic heterocycles. The third-order valence-electron chi connectivity index (χ3n) is 21.5. The molecule has 0 radical (unpaired) electrons. The van der Waals surface area contributed by atoms with Gasteiger partial charge < -0.3 is 90.7 Å². The van der Waals surface area contributed by atoms with Gasteiger partial charge in [-0.25, -0.2) is 19.9 Å². The molecule has 112 heavy (non-hydrogen) atoms. The predicted octanol–water partition coefficient (Wildman–Crippen LogP) is 16.4.